The van der Waals surface area contributed by atoms with E-state index in [-0.39, 0.29) is 23.5 Å². The van der Waals surface area contributed by atoms with Crippen molar-refractivity contribution >= 4 is 17.2 Å². The van der Waals surface area contributed by atoms with Gasteiger partial charge < -0.3 is 25.2 Å². The highest BCUT2D eigenvalue weighted by molar-refractivity contribution is 6.01. The van der Waals surface area contributed by atoms with Crippen molar-refractivity contribution in [2.75, 3.05) is 24.4 Å². The van der Waals surface area contributed by atoms with E-state index in [1.165, 1.54) is 0 Å². The number of rotatable bonds is 5. The third-order valence-corrected chi connectivity index (χ3v) is 6.47. The van der Waals surface area contributed by atoms with Crippen LogP contribution in [-0.4, -0.2) is 24.6 Å². The lowest BCUT2D eigenvalue weighted by Crippen LogP contribution is -2.26. The predicted molar refractivity (Wildman–Crippen MR) is 133 cm³/mol. The van der Waals surface area contributed by atoms with Gasteiger partial charge >= 0.3 is 0 Å². The molecule has 34 heavy (non-hydrogen) atoms. The van der Waals surface area contributed by atoms with Gasteiger partial charge in [-0.2, -0.15) is 0 Å². The number of allylic oxidation sites excluding steroid dienone is 1. The highest BCUT2D eigenvalue weighted by Gasteiger charge is 2.36. The van der Waals surface area contributed by atoms with Gasteiger partial charge in [0.2, 0.25) is 0 Å². The van der Waals surface area contributed by atoms with Crippen LogP contribution in [0.15, 0.2) is 78.0 Å². The van der Waals surface area contributed by atoms with E-state index in [2.05, 4.69) is 10.6 Å². The van der Waals surface area contributed by atoms with Crippen LogP contribution < -0.4 is 20.1 Å². The van der Waals surface area contributed by atoms with Gasteiger partial charge in [-0.05, 0) is 66.8 Å². The van der Waals surface area contributed by atoms with E-state index in [1.54, 1.807) is 25.3 Å². The average molecular weight is 457 g/mol. The second-order valence-corrected chi connectivity index (χ2v) is 8.61. The molecule has 0 bridgehead atoms. The number of hydrogen-bond donors (Lipinski definition) is 3. The Labute approximate surface area is 199 Å². The van der Waals surface area contributed by atoms with Crippen molar-refractivity contribution in [1.82, 2.24) is 0 Å². The molecule has 0 fully saturated rings. The minimum atomic E-state index is -0.360. The minimum Gasteiger partial charge on any atom is -0.508 e. The molecule has 0 radical (unpaired) electrons. The first-order valence-corrected chi connectivity index (χ1v) is 11.6. The van der Waals surface area contributed by atoms with Crippen LogP contribution in [0.3, 0.4) is 0 Å². The normalized spacial score (nSPS) is 19.3. The number of anilines is 2. The molecule has 1 aliphatic carbocycles. The molecule has 174 valence electrons. The Bertz CT molecular complexity index is 1270. The summed E-state index contributed by atoms with van der Waals surface area (Å²) in [5.41, 5.74) is 5.35. The van der Waals surface area contributed by atoms with Crippen LogP contribution >= 0.6 is 0 Å². The highest BCUT2D eigenvalue weighted by atomic mass is 16.5. The van der Waals surface area contributed by atoms with Crippen molar-refractivity contribution in [3.05, 3.63) is 89.1 Å². The Morgan fingerprint density at radius 1 is 0.941 bits per heavy atom. The van der Waals surface area contributed by atoms with Crippen LogP contribution in [0.1, 0.15) is 42.9 Å². The summed E-state index contributed by atoms with van der Waals surface area (Å²) in [5, 5.41) is 17.2. The number of aromatic hydroxyl groups is 1. The van der Waals surface area contributed by atoms with Crippen LogP contribution in [0.25, 0.3) is 0 Å². The van der Waals surface area contributed by atoms with Gasteiger partial charge in [0.1, 0.15) is 5.75 Å². The van der Waals surface area contributed by atoms with Crippen molar-refractivity contribution in [3.63, 3.8) is 0 Å². The summed E-state index contributed by atoms with van der Waals surface area (Å²) in [4.78, 5) is 13.7. The van der Waals surface area contributed by atoms with E-state index < -0.39 is 0 Å². The van der Waals surface area contributed by atoms with Crippen LogP contribution in [-0.2, 0) is 4.79 Å². The monoisotopic (exact) mass is 456 g/mol. The smallest absolute Gasteiger partial charge is 0.163 e. The molecule has 0 saturated heterocycles. The molecular weight excluding hydrogens is 428 g/mol. The molecule has 6 nitrogen and oxygen atoms in total. The van der Waals surface area contributed by atoms with Gasteiger partial charge in [0.15, 0.2) is 17.3 Å². The van der Waals surface area contributed by atoms with E-state index in [9.17, 15) is 9.90 Å². The number of fused-ring (bicyclic) bond motifs is 1. The van der Waals surface area contributed by atoms with Crippen LogP contribution in [0.5, 0.6) is 17.2 Å². The van der Waals surface area contributed by atoms with Gasteiger partial charge in [-0.3, -0.25) is 4.79 Å². The van der Waals surface area contributed by atoms with Gasteiger partial charge in [-0.1, -0.05) is 30.3 Å². The van der Waals surface area contributed by atoms with Crippen molar-refractivity contribution in [1.29, 1.82) is 0 Å². The van der Waals surface area contributed by atoms with Gasteiger partial charge in [-0.25, -0.2) is 0 Å². The summed E-state index contributed by atoms with van der Waals surface area (Å²) < 4.78 is 11.2. The number of hydrogen-bond acceptors (Lipinski definition) is 6. The highest BCUT2D eigenvalue weighted by Crippen LogP contribution is 2.45. The lowest BCUT2D eigenvalue weighted by molar-refractivity contribution is -0.116. The molecular formula is C28H28N2O4. The third-order valence-electron chi connectivity index (χ3n) is 6.47. The number of ketones is 1. The predicted octanol–water partition coefficient (Wildman–Crippen LogP) is 5.78. The molecule has 3 aromatic rings. The summed E-state index contributed by atoms with van der Waals surface area (Å²) in [5.74, 6) is 1.64. The Morgan fingerprint density at radius 2 is 1.76 bits per heavy atom. The second-order valence-electron chi connectivity index (χ2n) is 8.61. The Balaban J connectivity index is 1.56. The molecule has 0 amide bonds. The summed E-state index contributed by atoms with van der Waals surface area (Å²) in [6.45, 7) is 2.49. The number of phenolic OH excluding ortho intramolecular Hbond substituents is 1. The summed E-state index contributed by atoms with van der Waals surface area (Å²) in [6, 6.07) is 20.6. The van der Waals surface area contributed by atoms with Crippen molar-refractivity contribution in [2.45, 2.75) is 31.7 Å². The molecule has 2 aliphatic rings. The minimum absolute atomic E-state index is 0.0124. The molecule has 0 aromatic heterocycles. The number of ether oxygens (including phenoxy) is 2. The van der Waals surface area contributed by atoms with Gasteiger partial charge in [-0.15, -0.1) is 0 Å². The van der Waals surface area contributed by atoms with Crippen LogP contribution in [0.2, 0.25) is 0 Å². The van der Waals surface area contributed by atoms with Gasteiger partial charge in [0.25, 0.3) is 0 Å². The van der Waals surface area contributed by atoms with Gasteiger partial charge in [0, 0.05) is 17.7 Å². The summed E-state index contributed by atoms with van der Waals surface area (Å²) in [7, 11) is 1.63. The third kappa shape index (κ3) is 4.07. The first kappa shape index (κ1) is 21.9. The number of Topliss-reactive ketones (excluding diaryl/α,β-unsaturated/α-hetero) is 1. The number of benzene rings is 3. The molecule has 3 aromatic carbocycles. The van der Waals surface area contributed by atoms with Gasteiger partial charge in [0.05, 0.1) is 31.1 Å². The van der Waals surface area contributed by atoms with E-state index in [4.69, 9.17) is 9.47 Å². The summed E-state index contributed by atoms with van der Waals surface area (Å²) in [6.07, 6.45) is 1.08. The first-order chi connectivity index (χ1) is 16.6. The Hall–Kier alpha value is -3.93. The topological polar surface area (TPSA) is 79.8 Å². The molecule has 1 aliphatic heterocycles. The van der Waals surface area contributed by atoms with E-state index >= 15 is 0 Å². The van der Waals surface area contributed by atoms with Crippen LogP contribution in [0.4, 0.5) is 11.4 Å². The Kier molecular flexibility index (Phi) is 5.88. The molecule has 0 unspecified atom stereocenters. The molecule has 6 heteroatoms. The maximum absolute atomic E-state index is 13.7. The zero-order valence-corrected chi connectivity index (χ0v) is 19.3. The zero-order valence-electron chi connectivity index (χ0n) is 19.3. The number of carbonyl (C=O) groups excluding carboxylic acids is 1. The second kappa shape index (κ2) is 9.14. The molecule has 1 heterocycles. The van der Waals surface area contributed by atoms with E-state index in [0.717, 1.165) is 33.8 Å². The zero-order chi connectivity index (χ0) is 23.7. The largest absolute Gasteiger partial charge is 0.508 e. The molecule has 0 saturated carbocycles. The number of phenols is 1. The SMILES string of the molecule is CCOc1ccc([C@@H]2CC(=O)C3=C(C2)Nc2ccccc2N[C@@H]3c2cccc(O)c2)cc1OC. The first-order valence-electron chi connectivity index (χ1n) is 11.6. The van der Waals surface area contributed by atoms with Crippen LogP contribution in [0, 0.1) is 0 Å². The molecule has 2 atom stereocenters. The Morgan fingerprint density at radius 3 is 2.53 bits per heavy atom. The molecule has 5 rings (SSSR count). The maximum atomic E-state index is 13.7. The molecule has 3 N–H and O–H groups in total. The fourth-order valence-electron chi connectivity index (χ4n) is 4.90. The van der Waals surface area contributed by atoms with Crippen molar-refractivity contribution in [2.24, 2.45) is 0 Å². The number of para-hydroxylation sites is 2. The van der Waals surface area contributed by atoms with E-state index in [0.29, 0.717) is 30.9 Å². The fraction of sp³-hybridized carbons (Fsp3) is 0.250. The van der Waals surface area contributed by atoms with Crippen molar-refractivity contribution in [3.8, 4) is 17.2 Å². The average Bonchev–Trinajstić information content (AvgIpc) is 3.01. The maximum Gasteiger partial charge on any atom is 0.163 e. The lowest BCUT2D eigenvalue weighted by atomic mass is 9.78. The lowest BCUT2D eigenvalue weighted by Gasteiger charge is -2.30. The number of carbonyl (C=O) groups is 1. The standard InChI is InChI=1S/C28H28N2O4/c1-3-34-25-12-11-17(16-26(25)33-2)19-14-23-27(24(32)15-19)28(18-7-6-8-20(31)13-18)30-22-10-5-4-9-21(22)29-23/h4-13,16,19,28-31H,3,14-15H2,1-2H3/t19-,28+/m0/s1. The fourth-order valence-corrected chi connectivity index (χ4v) is 4.90. The quantitative estimate of drug-likeness (QED) is 0.452. The van der Waals surface area contributed by atoms with Crippen molar-refractivity contribution < 1.29 is 19.4 Å². The number of nitrogens with one attached hydrogen (secondary N) is 2. The van der Waals surface area contributed by atoms with E-state index in [1.807, 2.05) is 55.5 Å². The number of methoxy groups -OCH3 is 1. The molecule has 0 spiro atoms. The summed E-state index contributed by atoms with van der Waals surface area (Å²) >= 11 is 0.